The van der Waals surface area contributed by atoms with Gasteiger partial charge in [-0.15, -0.1) is 0 Å². The van der Waals surface area contributed by atoms with Crippen LogP contribution in [0.2, 0.25) is 0 Å². The maximum atomic E-state index is 12.5. The maximum Gasteiger partial charge on any atom is 0.423 e. The van der Waals surface area contributed by atoms with Crippen LogP contribution in [0.3, 0.4) is 0 Å². The Balaban J connectivity index is 3.44. The average Bonchev–Trinajstić information content (AvgIpc) is 2.17. The molecule has 0 atom stereocenters. The van der Waals surface area contributed by atoms with Gasteiger partial charge in [0.05, 0.1) is 4.92 Å². The van der Waals surface area contributed by atoms with Gasteiger partial charge in [0.25, 0.3) is 5.69 Å². The number of phenols is 1. The number of hydrogen-bond acceptors (Lipinski definition) is 3. The summed E-state index contributed by atoms with van der Waals surface area (Å²) >= 11 is 0. The van der Waals surface area contributed by atoms with E-state index in [4.69, 9.17) is 0 Å². The molecule has 18 heavy (non-hydrogen) atoms. The standard InChI is InChI=1S/C11H10F3NO3/c1-6(2)3-7-4-9(15(17)18)8(5-10(7)16)11(12,13)14/h4-5,16H,1,3H2,2H3. The second-order valence-corrected chi connectivity index (χ2v) is 3.89. The number of aromatic hydroxyl groups is 1. The second-order valence-electron chi connectivity index (χ2n) is 3.89. The Labute approximate surface area is 101 Å². The molecule has 7 heteroatoms. The third-order valence-corrected chi connectivity index (χ3v) is 2.19. The fourth-order valence-corrected chi connectivity index (χ4v) is 1.46. The van der Waals surface area contributed by atoms with Gasteiger partial charge in [0, 0.05) is 11.6 Å². The summed E-state index contributed by atoms with van der Waals surface area (Å²) in [6.45, 7) is 5.13. The molecule has 0 fully saturated rings. The SMILES string of the molecule is C=C(C)Cc1cc([N+](=O)[O-])c(C(F)(F)F)cc1O. The molecule has 0 aliphatic rings. The van der Waals surface area contributed by atoms with E-state index < -0.39 is 28.1 Å². The summed E-state index contributed by atoms with van der Waals surface area (Å²) in [5.41, 5.74) is -1.92. The summed E-state index contributed by atoms with van der Waals surface area (Å²) in [6.07, 6.45) is -4.81. The summed E-state index contributed by atoms with van der Waals surface area (Å²) in [7, 11) is 0. The first-order valence-electron chi connectivity index (χ1n) is 4.84. The largest absolute Gasteiger partial charge is 0.508 e. The van der Waals surface area contributed by atoms with Gasteiger partial charge in [-0.3, -0.25) is 10.1 Å². The van der Waals surface area contributed by atoms with Crippen LogP contribution in [0.1, 0.15) is 18.1 Å². The molecule has 0 heterocycles. The number of rotatable bonds is 3. The molecule has 1 N–H and O–H groups in total. The lowest BCUT2D eigenvalue weighted by atomic mass is 10.0. The minimum Gasteiger partial charge on any atom is -0.508 e. The molecule has 1 aromatic carbocycles. The van der Waals surface area contributed by atoms with Gasteiger partial charge >= 0.3 is 6.18 Å². The molecule has 0 bridgehead atoms. The number of benzene rings is 1. The lowest BCUT2D eigenvalue weighted by Crippen LogP contribution is -2.09. The zero-order chi connectivity index (χ0) is 14.1. The summed E-state index contributed by atoms with van der Waals surface area (Å²) in [6, 6.07) is 1.10. The maximum absolute atomic E-state index is 12.5. The van der Waals surface area contributed by atoms with E-state index in [2.05, 4.69) is 6.58 Å². The van der Waals surface area contributed by atoms with Gasteiger partial charge < -0.3 is 5.11 Å². The van der Waals surface area contributed by atoms with E-state index in [0.29, 0.717) is 11.6 Å². The van der Waals surface area contributed by atoms with Crippen LogP contribution in [-0.2, 0) is 12.6 Å². The number of nitro benzene ring substituents is 1. The Kier molecular flexibility index (Phi) is 3.64. The molecule has 0 aliphatic carbocycles. The molecule has 0 saturated heterocycles. The number of nitrogens with zero attached hydrogens (tertiary/aromatic N) is 1. The highest BCUT2D eigenvalue weighted by atomic mass is 19.4. The Bertz CT molecular complexity index is 509. The Morgan fingerprint density at radius 2 is 2.06 bits per heavy atom. The first-order chi connectivity index (χ1) is 8.12. The van der Waals surface area contributed by atoms with Gasteiger partial charge in [-0.1, -0.05) is 12.2 Å². The molecular formula is C11H10F3NO3. The van der Waals surface area contributed by atoms with E-state index >= 15 is 0 Å². The highest BCUT2D eigenvalue weighted by molar-refractivity contribution is 5.52. The second kappa shape index (κ2) is 4.67. The molecule has 0 aromatic heterocycles. The van der Waals surface area contributed by atoms with Crippen molar-refractivity contribution in [3.63, 3.8) is 0 Å². The van der Waals surface area contributed by atoms with Crippen LogP contribution in [-0.4, -0.2) is 10.0 Å². The Morgan fingerprint density at radius 1 is 1.50 bits per heavy atom. The van der Waals surface area contributed by atoms with Crippen molar-refractivity contribution in [2.45, 2.75) is 19.5 Å². The summed E-state index contributed by atoms with van der Waals surface area (Å²) < 4.78 is 37.6. The fourth-order valence-electron chi connectivity index (χ4n) is 1.46. The van der Waals surface area contributed by atoms with Gasteiger partial charge in [-0.2, -0.15) is 13.2 Å². The van der Waals surface area contributed by atoms with Crippen molar-refractivity contribution in [2.24, 2.45) is 0 Å². The Hall–Kier alpha value is -2.05. The molecule has 98 valence electrons. The first kappa shape index (κ1) is 14.0. The van der Waals surface area contributed by atoms with E-state index in [1.54, 1.807) is 6.92 Å². The third-order valence-electron chi connectivity index (χ3n) is 2.19. The predicted molar refractivity (Wildman–Crippen MR) is 58.3 cm³/mol. The lowest BCUT2D eigenvalue weighted by molar-refractivity contribution is -0.388. The lowest BCUT2D eigenvalue weighted by Gasteiger charge is -2.11. The minimum atomic E-state index is -4.89. The number of nitro groups is 1. The summed E-state index contributed by atoms with van der Waals surface area (Å²) in [4.78, 5) is 9.50. The highest BCUT2D eigenvalue weighted by Gasteiger charge is 2.39. The van der Waals surface area contributed by atoms with E-state index in [9.17, 15) is 28.4 Å². The van der Waals surface area contributed by atoms with E-state index in [1.807, 2.05) is 0 Å². The quantitative estimate of drug-likeness (QED) is 0.515. The highest BCUT2D eigenvalue weighted by Crippen LogP contribution is 2.39. The van der Waals surface area contributed by atoms with Gasteiger partial charge in [-0.05, 0) is 19.4 Å². The van der Waals surface area contributed by atoms with Crippen LogP contribution in [0.4, 0.5) is 18.9 Å². The fraction of sp³-hybridized carbons (Fsp3) is 0.273. The summed E-state index contributed by atoms with van der Waals surface area (Å²) in [5.74, 6) is -0.629. The van der Waals surface area contributed by atoms with Gasteiger partial charge in [0.1, 0.15) is 11.3 Å². The Morgan fingerprint density at radius 3 is 2.44 bits per heavy atom. The first-order valence-corrected chi connectivity index (χ1v) is 4.84. The van der Waals surface area contributed by atoms with Crippen molar-refractivity contribution in [2.75, 3.05) is 0 Å². The topological polar surface area (TPSA) is 63.4 Å². The van der Waals surface area contributed by atoms with Crippen molar-refractivity contribution in [1.82, 2.24) is 0 Å². The normalized spacial score (nSPS) is 11.3. The van der Waals surface area contributed by atoms with Gasteiger partial charge in [-0.25, -0.2) is 0 Å². The zero-order valence-corrected chi connectivity index (χ0v) is 9.41. The minimum absolute atomic E-state index is 0.0437. The molecular weight excluding hydrogens is 251 g/mol. The third kappa shape index (κ3) is 2.99. The summed E-state index contributed by atoms with van der Waals surface area (Å²) in [5, 5.41) is 20.1. The molecule has 4 nitrogen and oxygen atoms in total. The number of phenolic OH excluding ortho intramolecular Hbond substituents is 1. The zero-order valence-electron chi connectivity index (χ0n) is 9.41. The van der Waals surface area contributed by atoms with Crippen molar-refractivity contribution in [1.29, 1.82) is 0 Å². The van der Waals surface area contributed by atoms with Crippen molar-refractivity contribution >= 4 is 5.69 Å². The molecule has 0 amide bonds. The molecule has 0 radical (unpaired) electrons. The van der Waals surface area contributed by atoms with Crippen LogP contribution in [0.25, 0.3) is 0 Å². The molecule has 0 unspecified atom stereocenters. The number of allylic oxidation sites excluding steroid dienone is 1. The molecule has 0 saturated carbocycles. The average molecular weight is 261 g/mol. The van der Waals surface area contributed by atoms with E-state index in [0.717, 1.165) is 6.07 Å². The monoisotopic (exact) mass is 261 g/mol. The van der Waals surface area contributed by atoms with Crippen LogP contribution < -0.4 is 0 Å². The molecule has 0 aliphatic heterocycles. The number of alkyl halides is 3. The van der Waals surface area contributed by atoms with Crippen LogP contribution in [0.5, 0.6) is 5.75 Å². The van der Waals surface area contributed by atoms with Crippen molar-refractivity contribution < 1.29 is 23.2 Å². The number of halogens is 3. The van der Waals surface area contributed by atoms with Crippen molar-refractivity contribution in [3.8, 4) is 5.75 Å². The van der Waals surface area contributed by atoms with Crippen molar-refractivity contribution in [3.05, 3.63) is 45.5 Å². The smallest absolute Gasteiger partial charge is 0.423 e. The van der Waals surface area contributed by atoms with E-state index in [1.165, 1.54) is 0 Å². The van der Waals surface area contributed by atoms with Crippen LogP contribution in [0.15, 0.2) is 24.3 Å². The molecule has 0 spiro atoms. The molecule has 1 rings (SSSR count). The van der Waals surface area contributed by atoms with Crippen LogP contribution >= 0.6 is 0 Å². The van der Waals surface area contributed by atoms with Gasteiger partial charge in [0.2, 0.25) is 0 Å². The van der Waals surface area contributed by atoms with Gasteiger partial charge in [0.15, 0.2) is 0 Å². The molecule has 1 aromatic rings. The van der Waals surface area contributed by atoms with E-state index in [-0.39, 0.29) is 12.0 Å². The number of hydrogen-bond donors (Lipinski definition) is 1. The predicted octanol–water partition coefficient (Wildman–Crippen LogP) is 3.44. The van der Waals surface area contributed by atoms with Crippen LogP contribution in [0, 0.1) is 10.1 Å².